The van der Waals surface area contributed by atoms with E-state index in [0.717, 1.165) is 11.3 Å². The molecular formula is C14H15ClFNO2. The smallest absolute Gasteiger partial charge is 0.141 e. The number of aliphatic hydroxyl groups excluding tert-OH is 1. The molecule has 0 radical (unpaired) electrons. The van der Waals surface area contributed by atoms with Crippen molar-refractivity contribution in [1.29, 1.82) is 0 Å². The molecule has 0 aliphatic rings. The summed E-state index contributed by atoms with van der Waals surface area (Å²) in [5, 5.41) is 12.3. The van der Waals surface area contributed by atoms with Crippen molar-refractivity contribution in [3.8, 4) is 11.3 Å². The molecule has 0 aliphatic heterocycles. The highest BCUT2D eigenvalue weighted by molar-refractivity contribution is 6.31. The summed E-state index contributed by atoms with van der Waals surface area (Å²) in [7, 11) is 0. The lowest BCUT2D eigenvalue weighted by Crippen LogP contribution is -2.23. The summed E-state index contributed by atoms with van der Waals surface area (Å²) < 4.78 is 18.7. The Morgan fingerprint density at radius 1 is 1.37 bits per heavy atom. The second-order valence-corrected chi connectivity index (χ2v) is 4.78. The Morgan fingerprint density at radius 3 is 2.84 bits per heavy atom. The summed E-state index contributed by atoms with van der Waals surface area (Å²) in [4.78, 5) is 0. The quantitative estimate of drug-likeness (QED) is 0.886. The van der Waals surface area contributed by atoms with Crippen molar-refractivity contribution < 1.29 is 13.9 Å². The molecule has 0 fully saturated rings. The van der Waals surface area contributed by atoms with Crippen LogP contribution in [0.2, 0.25) is 5.02 Å². The van der Waals surface area contributed by atoms with Gasteiger partial charge in [-0.3, -0.25) is 0 Å². The first-order valence-electron chi connectivity index (χ1n) is 5.99. The largest absolute Gasteiger partial charge is 0.460 e. The monoisotopic (exact) mass is 283 g/mol. The number of hydrogen-bond donors (Lipinski definition) is 2. The van der Waals surface area contributed by atoms with Gasteiger partial charge in [-0.05, 0) is 37.3 Å². The van der Waals surface area contributed by atoms with Crippen LogP contribution in [0.25, 0.3) is 11.3 Å². The van der Waals surface area contributed by atoms with Crippen molar-refractivity contribution in [2.45, 2.75) is 19.6 Å². The fourth-order valence-electron chi connectivity index (χ4n) is 1.68. The Bertz CT molecular complexity index is 554. The molecule has 0 bridgehead atoms. The average Bonchev–Trinajstić information content (AvgIpc) is 2.81. The third kappa shape index (κ3) is 3.80. The number of aliphatic hydroxyl groups is 1. The molecule has 0 saturated carbocycles. The number of furan rings is 1. The molecule has 19 heavy (non-hydrogen) atoms. The molecule has 102 valence electrons. The maximum absolute atomic E-state index is 13.1. The van der Waals surface area contributed by atoms with Crippen LogP contribution in [0.5, 0.6) is 0 Å². The highest BCUT2D eigenvalue weighted by atomic mass is 35.5. The van der Waals surface area contributed by atoms with Crippen molar-refractivity contribution >= 4 is 11.6 Å². The standard InChI is InChI=1S/C14H15ClFNO2/c1-9(18)7-17-8-11-3-5-14(19-11)10-2-4-13(16)12(15)6-10/h2-6,9,17-18H,7-8H2,1H3/t9-/m0/s1. The molecular weight excluding hydrogens is 269 g/mol. The topological polar surface area (TPSA) is 45.4 Å². The van der Waals surface area contributed by atoms with E-state index in [1.807, 2.05) is 12.1 Å². The van der Waals surface area contributed by atoms with Gasteiger partial charge in [0.2, 0.25) is 0 Å². The van der Waals surface area contributed by atoms with E-state index in [-0.39, 0.29) is 5.02 Å². The van der Waals surface area contributed by atoms with Crippen LogP contribution in [0.3, 0.4) is 0 Å². The van der Waals surface area contributed by atoms with Crippen LogP contribution in [0, 0.1) is 5.82 Å². The second kappa shape index (κ2) is 6.19. The summed E-state index contributed by atoms with van der Waals surface area (Å²) in [6, 6.07) is 8.10. The molecule has 1 atom stereocenters. The predicted octanol–water partition coefficient (Wildman–Crippen LogP) is 3.21. The minimum Gasteiger partial charge on any atom is -0.460 e. The summed E-state index contributed by atoms with van der Waals surface area (Å²) in [5.41, 5.74) is 0.730. The van der Waals surface area contributed by atoms with E-state index in [1.165, 1.54) is 12.1 Å². The van der Waals surface area contributed by atoms with Gasteiger partial charge in [0.05, 0.1) is 17.7 Å². The zero-order valence-corrected chi connectivity index (χ0v) is 11.2. The van der Waals surface area contributed by atoms with E-state index in [9.17, 15) is 4.39 Å². The van der Waals surface area contributed by atoms with Crippen LogP contribution in [-0.2, 0) is 6.54 Å². The van der Waals surface area contributed by atoms with E-state index in [4.69, 9.17) is 21.1 Å². The third-order valence-corrected chi connectivity index (χ3v) is 2.89. The molecule has 1 aromatic carbocycles. The zero-order valence-electron chi connectivity index (χ0n) is 10.5. The second-order valence-electron chi connectivity index (χ2n) is 4.37. The Morgan fingerprint density at radius 2 is 2.16 bits per heavy atom. The molecule has 0 spiro atoms. The molecule has 0 unspecified atom stereocenters. The fourth-order valence-corrected chi connectivity index (χ4v) is 1.86. The molecule has 1 aromatic heterocycles. The molecule has 5 heteroatoms. The minimum absolute atomic E-state index is 0.0719. The fraction of sp³-hybridized carbons (Fsp3) is 0.286. The van der Waals surface area contributed by atoms with E-state index in [2.05, 4.69) is 5.32 Å². The molecule has 1 heterocycles. The van der Waals surface area contributed by atoms with E-state index in [0.29, 0.717) is 18.8 Å². The van der Waals surface area contributed by atoms with Crippen LogP contribution >= 0.6 is 11.6 Å². The molecule has 2 N–H and O–H groups in total. The van der Waals surface area contributed by atoms with E-state index < -0.39 is 11.9 Å². The number of rotatable bonds is 5. The van der Waals surface area contributed by atoms with Crippen molar-refractivity contribution in [1.82, 2.24) is 5.32 Å². The molecule has 0 aliphatic carbocycles. The zero-order chi connectivity index (χ0) is 13.8. The number of benzene rings is 1. The first-order valence-corrected chi connectivity index (χ1v) is 6.37. The molecule has 2 rings (SSSR count). The Balaban J connectivity index is 2.05. The normalized spacial score (nSPS) is 12.6. The Kier molecular flexibility index (Phi) is 4.58. The molecule has 2 aromatic rings. The third-order valence-electron chi connectivity index (χ3n) is 2.60. The van der Waals surface area contributed by atoms with Crippen molar-refractivity contribution in [2.24, 2.45) is 0 Å². The van der Waals surface area contributed by atoms with Crippen LogP contribution in [-0.4, -0.2) is 17.8 Å². The van der Waals surface area contributed by atoms with Crippen LogP contribution < -0.4 is 5.32 Å². The van der Waals surface area contributed by atoms with E-state index >= 15 is 0 Å². The SMILES string of the molecule is C[C@H](O)CNCc1ccc(-c2ccc(F)c(Cl)c2)o1. The van der Waals surface area contributed by atoms with Crippen LogP contribution in [0.1, 0.15) is 12.7 Å². The van der Waals surface area contributed by atoms with Crippen molar-refractivity contribution in [3.05, 3.63) is 46.9 Å². The Labute approximate surface area is 116 Å². The molecule has 0 saturated heterocycles. The van der Waals surface area contributed by atoms with Crippen LogP contribution in [0.4, 0.5) is 4.39 Å². The number of hydrogen-bond acceptors (Lipinski definition) is 3. The van der Waals surface area contributed by atoms with Gasteiger partial charge in [-0.15, -0.1) is 0 Å². The van der Waals surface area contributed by atoms with Gasteiger partial charge in [0.15, 0.2) is 0 Å². The van der Waals surface area contributed by atoms with Gasteiger partial charge in [-0.1, -0.05) is 11.6 Å². The number of halogens is 2. The first-order chi connectivity index (χ1) is 9.06. The predicted molar refractivity (Wildman–Crippen MR) is 72.5 cm³/mol. The van der Waals surface area contributed by atoms with Gasteiger partial charge in [0, 0.05) is 12.1 Å². The van der Waals surface area contributed by atoms with Crippen molar-refractivity contribution in [3.63, 3.8) is 0 Å². The van der Waals surface area contributed by atoms with Gasteiger partial charge in [0.25, 0.3) is 0 Å². The van der Waals surface area contributed by atoms with Crippen LogP contribution in [0.15, 0.2) is 34.7 Å². The lowest BCUT2D eigenvalue weighted by atomic mass is 10.2. The highest BCUT2D eigenvalue weighted by Gasteiger charge is 2.07. The van der Waals surface area contributed by atoms with Gasteiger partial charge in [0.1, 0.15) is 17.3 Å². The summed E-state index contributed by atoms with van der Waals surface area (Å²) in [6.07, 6.45) is -0.398. The maximum atomic E-state index is 13.1. The summed E-state index contributed by atoms with van der Waals surface area (Å²) in [6.45, 7) is 2.74. The number of nitrogens with one attached hydrogen (secondary N) is 1. The van der Waals surface area contributed by atoms with Gasteiger partial charge < -0.3 is 14.8 Å². The van der Waals surface area contributed by atoms with Gasteiger partial charge in [-0.2, -0.15) is 0 Å². The van der Waals surface area contributed by atoms with Crippen molar-refractivity contribution in [2.75, 3.05) is 6.54 Å². The summed E-state index contributed by atoms with van der Waals surface area (Å²) >= 11 is 5.73. The van der Waals surface area contributed by atoms with Gasteiger partial charge in [-0.25, -0.2) is 4.39 Å². The van der Waals surface area contributed by atoms with E-state index in [1.54, 1.807) is 13.0 Å². The Hall–Kier alpha value is -1.36. The lowest BCUT2D eigenvalue weighted by molar-refractivity contribution is 0.190. The molecule has 3 nitrogen and oxygen atoms in total. The highest BCUT2D eigenvalue weighted by Crippen LogP contribution is 2.26. The maximum Gasteiger partial charge on any atom is 0.141 e. The van der Waals surface area contributed by atoms with Gasteiger partial charge >= 0.3 is 0 Å². The lowest BCUT2D eigenvalue weighted by Gasteiger charge is -2.04. The average molecular weight is 284 g/mol. The summed E-state index contributed by atoms with van der Waals surface area (Å²) in [5.74, 6) is 0.933. The first kappa shape index (κ1) is 14.1. The molecule has 0 amide bonds. The minimum atomic E-state index is -0.448.